The van der Waals surface area contributed by atoms with Gasteiger partial charge in [0.05, 0.1) is 16.1 Å². The fourth-order valence-corrected chi connectivity index (χ4v) is 5.80. The van der Waals surface area contributed by atoms with Crippen LogP contribution < -0.4 is 9.47 Å². The molecule has 0 saturated carbocycles. The Hall–Kier alpha value is -2.78. The third-order valence-corrected chi connectivity index (χ3v) is 7.61. The van der Waals surface area contributed by atoms with E-state index in [0.29, 0.717) is 0 Å². The minimum Gasteiger partial charge on any atom is -0.335 e. The Bertz CT molecular complexity index is 1310. The molecule has 1 aliphatic rings. The summed E-state index contributed by atoms with van der Waals surface area (Å²) in [5.74, 6) is 0. The molecule has 0 saturated heterocycles. The van der Waals surface area contributed by atoms with Crippen molar-refractivity contribution in [2.24, 2.45) is 0 Å². The summed E-state index contributed by atoms with van der Waals surface area (Å²) in [5, 5.41) is 2.62. The van der Waals surface area contributed by atoms with E-state index >= 15 is 0 Å². The minimum atomic E-state index is 0.975. The van der Waals surface area contributed by atoms with Crippen LogP contribution >= 0.6 is 11.8 Å². The summed E-state index contributed by atoms with van der Waals surface area (Å²) < 4.78 is 2.34. The van der Waals surface area contributed by atoms with Gasteiger partial charge in [0.2, 0.25) is 5.52 Å². The zero-order chi connectivity index (χ0) is 23.7. The van der Waals surface area contributed by atoms with Crippen LogP contribution in [0.2, 0.25) is 0 Å². The Labute approximate surface area is 203 Å². The van der Waals surface area contributed by atoms with Crippen molar-refractivity contribution >= 4 is 34.4 Å². The third-order valence-electron chi connectivity index (χ3n) is 6.50. The van der Waals surface area contributed by atoms with Gasteiger partial charge < -0.3 is 4.90 Å². The van der Waals surface area contributed by atoms with Crippen LogP contribution in [0.5, 0.6) is 0 Å². The second-order valence-corrected chi connectivity index (χ2v) is 10.1. The van der Waals surface area contributed by atoms with Gasteiger partial charge in [-0.3, -0.25) is 0 Å². The molecule has 170 valence electrons. The molecule has 0 spiro atoms. The van der Waals surface area contributed by atoms with Crippen LogP contribution in [0.15, 0.2) is 70.3 Å². The number of aromatic nitrogens is 1. The molecule has 2 heterocycles. The Morgan fingerprint density at radius 2 is 1.76 bits per heavy atom. The molecule has 3 heteroatoms. The average molecular weight is 456 g/mol. The highest BCUT2D eigenvalue weighted by Gasteiger charge is 2.24. The molecule has 0 radical (unpaired) electrons. The average Bonchev–Trinajstić information content (AvgIpc) is 3.12. The number of hydrogen-bond donors (Lipinski definition) is 0. The molecule has 0 aliphatic carbocycles. The van der Waals surface area contributed by atoms with E-state index in [-0.39, 0.29) is 0 Å². The van der Waals surface area contributed by atoms with E-state index in [1.807, 2.05) is 11.8 Å². The number of anilines is 1. The highest BCUT2D eigenvalue weighted by atomic mass is 32.2. The van der Waals surface area contributed by atoms with Crippen LogP contribution in [0.4, 0.5) is 5.69 Å². The summed E-state index contributed by atoms with van der Waals surface area (Å²) in [5.41, 5.74) is 10.5. The van der Waals surface area contributed by atoms with E-state index in [9.17, 15) is 0 Å². The van der Waals surface area contributed by atoms with Gasteiger partial charge in [-0.2, -0.15) is 4.57 Å². The lowest BCUT2D eigenvalue weighted by Crippen LogP contribution is -2.33. The number of thioether (sulfide) groups is 1. The van der Waals surface area contributed by atoms with Crippen LogP contribution in [-0.2, 0) is 6.54 Å². The smallest absolute Gasteiger partial charge is 0.216 e. The van der Waals surface area contributed by atoms with Crippen molar-refractivity contribution in [3.63, 3.8) is 0 Å². The van der Waals surface area contributed by atoms with Crippen molar-refractivity contribution in [1.82, 2.24) is 0 Å². The first-order chi connectivity index (χ1) is 15.8. The number of hydrogen-bond acceptors (Lipinski definition) is 2. The SMILES string of the molecule is CCN1C(=CC=C(C)C=Cc2cc[n+](CC)c3c(C)cc(C)cc23)Sc2cc(C)c(C)cc21. The molecule has 0 bridgehead atoms. The summed E-state index contributed by atoms with van der Waals surface area (Å²) in [6.45, 7) is 17.3. The Balaban J connectivity index is 1.63. The Kier molecular flexibility index (Phi) is 6.81. The van der Waals surface area contributed by atoms with Gasteiger partial charge in [-0.25, -0.2) is 0 Å². The largest absolute Gasteiger partial charge is 0.335 e. The summed E-state index contributed by atoms with van der Waals surface area (Å²) in [7, 11) is 0. The first kappa shape index (κ1) is 23.4. The van der Waals surface area contributed by atoms with E-state index in [4.69, 9.17) is 0 Å². The van der Waals surface area contributed by atoms with Gasteiger partial charge in [0, 0.05) is 23.1 Å². The second-order valence-electron chi connectivity index (χ2n) is 9.03. The zero-order valence-corrected chi connectivity index (χ0v) is 21.8. The number of benzene rings is 2. The predicted molar refractivity (Wildman–Crippen MR) is 145 cm³/mol. The monoisotopic (exact) mass is 455 g/mol. The number of rotatable bonds is 5. The lowest BCUT2D eigenvalue weighted by atomic mass is 10.0. The molecule has 4 rings (SSSR count). The predicted octanol–water partition coefficient (Wildman–Crippen LogP) is 7.81. The quantitative estimate of drug-likeness (QED) is 0.286. The van der Waals surface area contributed by atoms with Gasteiger partial charge in [0.25, 0.3) is 0 Å². The normalized spacial score (nSPS) is 15.3. The van der Waals surface area contributed by atoms with Crippen LogP contribution in [0.25, 0.3) is 17.0 Å². The summed E-state index contributed by atoms with van der Waals surface area (Å²) in [6.07, 6.45) is 11.2. The van der Waals surface area contributed by atoms with E-state index < -0.39 is 0 Å². The molecule has 2 aromatic carbocycles. The van der Waals surface area contributed by atoms with Crippen molar-refractivity contribution in [1.29, 1.82) is 0 Å². The molecule has 1 aromatic heterocycles. The molecule has 0 fully saturated rings. The Morgan fingerprint density at radius 1 is 1.00 bits per heavy atom. The van der Waals surface area contributed by atoms with E-state index in [2.05, 4.69) is 119 Å². The molecular weight excluding hydrogens is 420 g/mol. The van der Waals surface area contributed by atoms with Gasteiger partial charge in [-0.05, 0) is 101 Å². The van der Waals surface area contributed by atoms with E-state index in [0.717, 1.165) is 13.1 Å². The van der Waals surface area contributed by atoms with E-state index in [1.165, 1.54) is 59.9 Å². The third kappa shape index (κ3) is 4.65. The van der Waals surface area contributed by atoms with Crippen molar-refractivity contribution < 1.29 is 4.57 Å². The lowest BCUT2D eigenvalue weighted by molar-refractivity contribution is -0.668. The number of pyridine rings is 1. The molecule has 1 aliphatic heterocycles. The highest BCUT2D eigenvalue weighted by molar-refractivity contribution is 8.03. The molecule has 0 atom stereocenters. The van der Waals surface area contributed by atoms with Crippen LogP contribution in [-0.4, -0.2) is 6.54 Å². The van der Waals surface area contributed by atoms with Crippen LogP contribution in [0.3, 0.4) is 0 Å². The van der Waals surface area contributed by atoms with Crippen molar-refractivity contribution in [3.8, 4) is 0 Å². The number of fused-ring (bicyclic) bond motifs is 2. The Morgan fingerprint density at radius 3 is 2.48 bits per heavy atom. The highest BCUT2D eigenvalue weighted by Crippen LogP contribution is 2.46. The van der Waals surface area contributed by atoms with Gasteiger partial charge in [0.1, 0.15) is 6.54 Å². The molecule has 0 amide bonds. The molecule has 2 nitrogen and oxygen atoms in total. The second kappa shape index (κ2) is 9.61. The topological polar surface area (TPSA) is 7.12 Å². The maximum absolute atomic E-state index is 2.42. The first-order valence-electron chi connectivity index (χ1n) is 11.9. The number of nitrogens with zero attached hydrogens (tertiary/aromatic N) is 2. The van der Waals surface area contributed by atoms with E-state index in [1.54, 1.807) is 0 Å². The van der Waals surface area contributed by atoms with Crippen molar-refractivity contribution in [2.75, 3.05) is 11.4 Å². The molecule has 0 N–H and O–H groups in total. The molecule has 33 heavy (non-hydrogen) atoms. The molecule has 3 aromatic rings. The maximum Gasteiger partial charge on any atom is 0.216 e. The summed E-state index contributed by atoms with van der Waals surface area (Å²) in [6, 6.07) is 11.5. The maximum atomic E-state index is 2.42. The number of aryl methyl sites for hydroxylation is 5. The molecule has 0 unspecified atom stereocenters. The minimum absolute atomic E-state index is 0.975. The first-order valence-corrected chi connectivity index (χ1v) is 12.7. The van der Waals surface area contributed by atoms with Gasteiger partial charge in [-0.15, -0.1) is 0 Å². The standard InChI is InChI=1S/C30H35N2S/c1-8-31-15-14-25(26-17-21(4)16-24(7)30(26)31)12-10-20(3)11-13-29-32(9-2)27-18-22(5)23(6)19-28(27)33-29/h10-19H,8-9H2,1-7H3/q+1. The molecular formula is C30H35N2S+. The van der Waals surface area contributed by atoms with Crippen LogP contribution in [0, 0.1) is 27.7 Å². The van der Waals surface area contributed by atoms with Gasteiger partial charge >= 0.3 is 0 Å². The zero-order valence-electron chi connectivity index (χ0n) is 21.0. The fraction of sp³-hybridized carbons (Fsp3) is 0.300. The summed E-state index contributed by atoms with van der Waals surface area (Å²) in [4.78, 5) is 3.78. The van der Waals surface area contributed by atoms with Crippen molar-refractivity contribution in [3.05, 3.63) is 93.2 Å². The van der Waals surface area contributed by atoms with Gasteiger partial charge in [-0.1, -0.05) is 35.6 Å². The number of allylic oxidation sites excluding steroid dienone is 4. The van der Waals surface area contributed by atoms with Crippen molar-refractivity contribution in [2.45, 2.75) is 59.9 Å². The van der Waals surface area contributed by atoms with Gasteiger partial charge in [0.15, 0.2) is 6.20 Å². The fourth-order valence-electron chi connectivity index (χ4n) is 4.59. The summed E-state index contributed by atoms with van der Waals surface area (Å²) >= 11 is 1.87. The van der Waals surface area contributed by atoms with Crippen LogP contribution in [0.1, 0.15) is 48.6 Å². The lowest BCUT2D eigenvalue weighted by Gasteiger charge is -2.18.